The van der Waals surface area contributed by atoms with Gasteiger partial charge in [-0.15, -0.1) is 0 Å². The van der Waals surface area contributed by atoms with Gasteiger partial charge in [0.1, 0.15) is 49.7 Å². The standard InChI is InChI=1S/C25H42N4O14/c1-12-17(34)19(36)22-25(41-12)40-9-7-28-15(32)11-29(16(33)5-3-2-4-13(26)30)10-14(31)27-6-8-39-23-20(37)18(35)21(38)24(42-22)43-23/h12,17-25,34-38H,2-11H2,1H3,(H2,26,30)(H,27,31)(H,28,32)/t12-,17+,18-,19+,20-,21-,22-,23+,24+,25+/m0/s1. The molecule has 43 heavy (non-hydrogen) atoms. The van der Waals surface area contributed by atoms with Crippen molar-refractivity contribution in [3.63, 3.8) is 0 Å². The minimum atomic E-state index is -1.80. The molecule has 18 nitrogen and oxygen atoms in total. The second-order valence-electron chi connectivity index (χ2n) is 10.5. The molecule has 3 heterocycles. The fraction of sp³-hybridized carbons (Fsp3) is 0.840. The van der Waals surface area contributed by atoms with Crippen LogP contribution < -0.4 is 16.4 Å². The molecular weight excluding hydrogens is 580 g/mol. The number of amides is 4. The summed E-state index contributed by atoms with van der Waals surface area (Å²) in [6.45, 7) is -0.0830. The largest absolute Gasteiger partial charge is 0.388 e. The van der Waals surface area contributed by atoms with Crippen LogP contribution in [0.4, 0.5) is 0 Å². The Labute approximate surface area is 247 Å². The van der Waals surface area contributed by atoms with E-state index in [1.807, 2.05) is 0 Å². The summed E-state index contributed by atoms with van der Waals surface area (Å²) in [6, 6.07) is 0. The van der Waals surface area contributed by atoms with Gasteiger partial charge in [-0.25, -0.2) is 0 Å². The van der Waals surface area contributed by atoms with Crippen molar-refractivity contribution in [2.75, 3.05) is 39.4 Å². The molecule has 0 saturated carbocycles. The second kappa shape index (κ2) is 16.5. The van der Waals surface area contributed by atoms with E-state index in [1.54, 1.807) is 0 Å². The molecule has 9 N–H and O–H groups in total. The van der Waals surface area contributed by atoms with Gasteiger partial charge < -0.3 is 70.5 Å². The van der Waals surface area contributed by atoms with Crippen LogP contribution in [0.15, 0.2) is 0 Å². The number of fused-ring (bicyclic) bond motifs is 3. The Morgan fingerprint density at radius 2 is 1.33 bits per heavy atom. The quantitative estimate of drug-likeness (QED) is 0.133. The summed E-state index contributed by atoms with van der Waals surface area (Å²) in [5, 5.41) is 57.3. The van der Waals surface area contributed by atoms with Crippen LogP contribution in [0.3, 0.4) is 0 Å². The molecule has 246 valence electrons. The van der Waals surface area contributed by atoms with Crippen LogP contribution in [-0.2, 0) is 42.9 Å². The number of rotatable bonds is 5. The number of ether oxygens (including phenoxy) is 5. The van der Waals surface area contributed by atoms with Crippen molar-refractivity contribution >= 4 is 23.6 Å². The number of aliphatic hydroxyl groups excluding tert-OH is 5. The minimum Gasteiger partial charge on any atom is -0.388 e. The third kappa shape index (κ3) is 10.00. The number of primary amides is 1. The Morgan fingerprint density at radius 3 is 1.93 bits per heavy atom. The number of nitrogens with zero attached hydrogens (tertiary/aromatic N) is 1. The maximum absolute atomic E-state index is 12.8. The lowest BCUT2D eigenvalue weighted by molar-refractivity contribution is -0.387. The van der Waals surface area contributed by atoms with Crippen LogP contribution in [0.5, 0.6) is 0 Å². The first kappa shape index (κ1) is 35.0. The van der Waals surface area contributed by atoms with Crippen molar-refractivity contribution in [2.45, 2.75) is 94.2 Å². The SMILES string of the molecule is C[C@@H]1O[C@H]2OCCNC(=O)CN(C(=O)CCCCC(N)=O)CC(=O)NCCO[C@@H]3O[C@@H](O[C@H]2[C@H](O)[C@@H]1O)[C@@H](O)[C@@H](O)[C@@H]3O. The van der Waals surface area contributed by atoms with Gasteiger partial charge in [-0.1, -0.05) is 0 Å². The maximum Gasteiger partial charge on any atom is 0.239 e. The molecule has 0 radical (unpaired) electrons. The van der Waals surface area contributed by atoms with E-state index in [9.17, 15) is 44.7 Å². The molecule has 3 aliphatic heterocycles. The molecule has 10 atom stereocenters. The topological polar surface area (TPSA) is 269 Å². The predicted octanol–water partition coefficient (Wildman–Crippen LogP) is -5.24. The van der Waals surface area contributed by atoms with Gasteiger partial charge in [0.05, 0.1) is 19.3 Å². The van der Waals surface area contributed by atoms with Crippen molar-refractivity contribution in [1.82, 2.24) is 15.5 Å². The van der Waals surface area contributed by atoms with Crippen LogP contribution in [-0.4, -0.2) is 155 Å². The molecule has 0 aromatic rings. The summed E-state index contributed by atoms with van der Waals surface area (Å²) in [6.07, 6.45) is -14.5. The van der Waals surface area contributed by atoms with Gasteiger partial charge in [0.25, 0.3) is 0 Å². The van der Waals surface area contributed by atoms with Crippen molar-refractivity contribution < 1.29 is 68.4 Å². The molecule has 0 aromatic carbocycles. The highest BCUT2D eigenvalue weighted by Crippen LogP contribution is 2.29. The van der Waals surface area contributed by atoms with Crippen LogP contribution in [0.1, 0.15) is 32.6 Å². The third-order valence-electron chi connectivity index (χ3n) is 7.10. The summed E-state index contributed by atoms with van der Waals surface area (Å²) < 4.78 is 27.9. The van der Waals surface area contributed by atoms with Gasteiger partial charge in [-0.3, -0.25) is 19.2 Å². The van der Waals surface area contributed by atoms with E-state index >= 15 is 0 Å². The molecule has 0 unspecified atom stereocenters. The summed E-state index contributed by atoms with van der Waals surface area (Å²) >= 11 is 0. The average molecular weight is 623 g/mol. The monoisotopic (exact) mass is 622 g/mol. The highest BCUT2D eigenvalue weighted by atomic mass is 16.8. The van der Waals surface area contributed by atoms with Gasteiger partial charge in [0, 0.05) is 25.9 Å². The third-order valence-corrected chi connectivity index (χ3v) is 7.10. The Hall–Kier alpha value is -2.52. The first-order valence-electron chi connectivity index (χ1n) is 14.1. The Morgan fingerprint density at radius 1 is 0.767 bits per heavy atom. The molecule has 3 saturated heterocycles. The normalized spacial score (nSPS) is 37.1. The Kier molecular flexibility index (Phi) is 13.4. The maximum atomic E-state index is 12.8. The number of nitrogens with two attached hydrogens (primary N) is 1. The molecule has 0 aromatic heterocycles. The molecule has 3 fully saturated rings. The van der Waals surface area contributed by atoms with Gasteiger partial charge in [0.15, 0.2) is 18.9 Å². The number of unbranched alkanes of at least 4 members (excludes halogenated alkanes) is 1. The number of hydrogen-bond donors (Lipinski definition) is 8. The Balaban J connectivity index is 1.74. The molecule has 3 rings (SSSR count). The molecule has 4 amide bonds. The number of carbonyl (C=O) groups excluding carboxylic acids is 4. The first-order valence-corrected chi connectivity index (χ1v) is 14.1. The lowest BCUT2D eigenvalue weighted by Gasteiger charge is -2.45. The minimum absolute atomic E-state index is 0.0287. The van der Waals surface area contributed by atoms with Gasteiger partial charge in [0.2, 0.25) is 23.6 Å². The highest BCUT2D eigenvalue weighted by Gasteiger charge is 2.50. The predicted molar refractivity (Wildman–Crippen MR) is 140 cm³/mol. The summed E-state index contributed by atoms with van der Waals surface area (Å²) in [4.78, 5) is 50.0. The first-order chi connectivity index (χ1) is 20.4. The number of aliphatic hydroxyl groups is 5. The summed E-state index contributed by atoms with van der Waals surface area (Å²) in [5.41, 5.74) is 5.12. The van der Waals surface area contributed by atoms with Gasteiger partial charge >= 0.3 is 0 Å². The molecule has 0 spiro atoms. The van der Waals surface area contributed by atoms with E-state index < -0.39 is 98.3 Å². The van der Waals surface area contributed by atoms with E-state index in [0.29, 0.717) is 12.8 Å². The fourth-order valence-electron chi connectivity index (χ4n) is 4.66. The van der Waals surface area contributed by atoms with Crippen molar-refractivity contribution in [1.29, 1.82) is 0 Å². The smallest absolute Gasteiger partial charge is 0.239 e. The van der Waals surface area contributed by atoms with Gasteiger partial charge in [-0.05, 0) is 19.8 Å². The molecular formula is C25H42N4O14. The van der Waals surface area contributed by atoms with E-state index in [1.165, 1.54) is 6.92 Å². The van der Waals surface area contributed by atoms with Gasteiger partial charge in [-0.2, -0.15) is 0 Å². The molecule has 0 aliphatic carbocycles. The van der Waals surface area contributed by atoms with Crippen molar-refractivity contribution in [3.05, 3.63) is 0 Å². The molecule has 3 aliphatic rings. The summed E-state index contributed by atoms with van der Waals surface area (Å²) in [7, 11) is 0. The van der Waals surface area contributed by atoms with E-state index in [0.717, 1.165) is 4.90 Å². The number of hydrogen-bond acceptors (Lipinski definition) is 14. The lowest BCUT2D eigenvalue weighted by atomic mass is 9.99. The zero-order valence-electron chi connectivity index (χ0n) is 23.8. The van der Waals surface area contributed by atoms with Crippen molar-refractivity contribution in [3.8, 4) is 0 Å². The number of carbonyl (C=O) groups is 4. The van der Waals surface area contributed by atoms with E-state index in [2.05, 4.69) is 10.6 Å². The molecule has 2 bridgehead atoms. The molecule has 18 heteroatoms. The van der Waals surface area contributed by atoms with E-state index in [-0.39, 0.29) is 39.1 Å². The van der Waals surface area contributed by atoms with Crippen LogP contribution >= 0.6 is 0 Å². The van der Waals surface area contributed by atoms with Crippen molar-refractivity contribution in [2.24, 2.45) is 5.73 Å². The highest BCUT2D eigenvalue weighted by molar-refractivity contribution is 5.89. The van der Waals surface area contributed by atoms with Crippen LogP contribution in [0, 0.1) is 0 Å². The Bertz CT molecular complexity index is 959. The zero-order chi connectivity index (χ0) is 31.7. The van der Waals surface area contributed by atoms with Crippen LogP contribution in [0.2, 0.25) is 0 Å². The number of nitrogens with one attached hydrogen (secondary N) is 2. The summed E-state index contributed by atoms with van der Waals surface area (Å²) in [5.74, 6) is -2.22. The zero-order valence-corrected chi connectivity index (χ0v) is 23.8. The lowest BCUT2D eigenvalue weighted by Crippen LogP contribution is -2.64. The fourth-order valence-corrected chi connectivity index (χ4v) is 4.66. The average Bonchev–Trinajstić information content (AvgIpc) is 2.96. The van der Waals surface area contributed by atoms with Crippen LogP contribution in [0.25, 0.3) is 0 Å². The van der Waals surface area contributed by atoms with E-state index in [4.69, 9.17) is 29.4 Å². The second-order valence-corrected chi connectivity index (χ2v) is 10.5.